The Morgan fingerprint density at radius 2 is 2.12 bits per heavy atom. The number of piperidine rings is 1. The van der Waals surface area contributed by atoms with Crippen molar-refractivity contribution in [3.63, 3.8) is 0 Å². The molecule has 7 nitrogen and oxygen atoms in total. The third kappa shape index (κ3) is 4.84. The maximum atomic E-state index is 11.9. The molecule has 3 rings (SSSR count). The van der Waals surface area contributed by atoms with E-state index in [1.165, 1.54) is 0 Å². The third-order valence-corrected chi connectivity index (χ3v) is 4.17. The van der Waals surface area contributed by atoms with E-state index in [4.69, 9.17) is 9.47 Å². The van der Waals surface area contributed by atoms with Crippen molar-refractivity contribution in [3.8, 4) is 0 Å². The third-order valence-electron chi connectivity index (χ3n) is 4.17. The molecule has 1 aromatic rings. The van der Waals surface area contributed by atoms with Gasteiger partial charge >= 0.3 is 5.97 Å². The van der Waals surface area contributed by atoms with Crippen molar-refractivity contribution in [2.45, 2.75) is 51.9 Å². The molecule has 2 aliphatic rings. The summed E-state index contributed by atoms with van der Waals surface area (Å²) >= 11 is 0. The number of carbonyl (C=O) groups excluding carboxylic acids is 1. The van der Waals surface area contributed by atoms with E-state index in [0.29, 0.717) is 5.90 Å². The SMILES string of the molecule is CC(C)(C)OC(=O)CC1NN=C(C2CCN(c3ccccn3)CC2)O1. The van der Waals surface area contributed by atoms with Gasteiger partial charge in [-0.3, -0.25) is 10.2 Å². The molecule has 136 valence electrons. The fourth-order valence-corrected chi connectivity index (χ4v) is 3.04. The van der Waals surface area contributed by atoms with Gasteiger partial charge in [-0.2, -0.15) is 0 Å². The molecule has 1 unspecified atom stereocenters. The minimum Gasteiger partial charge on any atom is -0.460 e. The summed E-state index contributed by atoms with van der Waals surface area (Å²) in [6, 6.07) is 5.96. The van der Waals surface area contributed by atoms with Crippen molar-refractivity contribution >= 4 is 17.7 Å². The van der Waals surface area contributed by atoms with Crippen LogP contribution in [0.15, 0.2) is 29.5 Å². The summed E-state index contributed by atoms with van der Waals surface area (Å²) in [4.78, 5) is 18.6. The van der Waals surface area contributed by atoms with E-state index < -0.39 is 11.8 Å². The second-order valence-corrected chi connectivity index (χ2v) is 7.43. The molecule has 1 fully saturated rings. The summed E-state index contributed by atoms with van der Waals surface area (Å²) in [5, 5.41) is 4.29. The molecule has 2 aliphatic heterocycles. The van der Waals surface area contributed by atoms with Gasteiger partial charge in [0.25, 0.3) is 0 Å². The van der Waals surface area contributed by atoms with Crippen molar-refractivity contribution in [1.29, 1.82) is 0 Å². The average molecular weight is 346 g/mol. The van der Waals surface area contributed by atoms with Crippen molar-refractivity contribution in [3.05, 3.63) is 24.4 Å². The summed E-state index contributed by atoms with van der Waals surface area (Å²) in [6.07, 6.45) is 3.44. The number of aromatic nitrogens is 1. The molecule has 0 aliphatic carbocycles. The molecule has 1 N–H and O–H groups in total. The van der Waals surface area contributed by atoms with E-state index in [-0.39, 0.29) is 18.3 Å². The fourth-order valence-electron chi connectivity index (χ4n) is 3.04. The van der Waals surface area contributed by atoms with Gasteiger partial charge in [0.2, 0.25) is 5.90 Å². The number of hydrogen-bond acceptors (Lipinski definition) is 7. The Labute approximate surface area is 148 Å². The Kier molecular flexibility index (Phi) is 5.11. The number of esters is 1. The highest BCUT2D eigenvalue weighted by molar-refractivity contribution is 5.81. The van der Waals surface area contributed by atoms with E-state index in [0.717, 1.165) is 31.7 Å². The fraction of sp³-hybridized carbons (Fsp3) is 0.611. The van der Waals surface area contributed by atoms with Gasteiger partial charge in [-0.15, -0.1) is 5.10 Å². The van der Waals surface area contributed by atoms with Crippen LogP contribution in [0.4, 0.5) is 5.82 Å². The maximum Gasteiger partial charge on any atom is 0.312 e. The predicted molar refractivity (Wildman–Crippen MR) is 95.1 cm³/mol. The molecule has 3 heterocycles. The number of anilines is 1. The molecule has 1 aromatic heterocycles. The van der Waals surface area contributed by atoms with Crippen LogP contribution >= 0.6 is 0 Å². The van der Waals surface area contributed by atoms with Gasteiger partial charge in [0.05, 0.1) is 0 Å². The Balaban J connectivity index is 1.45. The molecular weight excluding hydrogens is 320 g/mol. The summed E-state index contributed by atoms with van der Waals surface area (Å²) in [7, 11) is 0. The Bertz CT molecular complexity index is 619. The Hall–Kier alpha value is -2.31. The minimum absolute atomic E-state index is 0.150. The van der Waals surface area contributed by atoms with E-state index >= 15 is 0 Å². The lowest BCUT2D eigenvalue weighted by atomic mass is 9.96. The second kappa shape index (κ2) is 7.29. The van der Waals surface area contributed by atoms with Crippen molar-refractivity contribution in [2.75, 3.05) is 18.0 Å². The zero-order valence-corrected chi connectivity index (χ0v) is 15.1. The van der Waals surface area contributed by atoms with Gasteiger partial charge < -0.3 is 14.4 Å². The smallest absolute Gasteiger partial charge is 0.312 e. The predicted octanol–water partition coefficient (Wildman–Crippen LogP) is 2.29. The topological polar surface area (TPSA) is 76.0 Å². The zero-order chi connectivity index (χ0) is 17.9. The first-order chi connectivity index (χ1) is 11.9. The number of pyridine rings is 1. The average Bonchev–Trinajstić information content (AvgIpc) is 3.02. The monoisotopic (exact) mass is 346 g/mol. The van der Waals surface area contributed by atoms with Gasteiger partial charge in [-0.1, -0.05) is 6.07 Å². The summed E-state index contributed by atoms with van der Waals surface area (Å²) < 4.78 is 11.2. The molecule has 0 aromatic carbocycles. The number of nitrogens with one attached hydrogen (secondary N) is 1. The molecule has 0 radical (unpaired) electrons. The standard InChI is InChI=1S/C18H26N4O3/c1-18(2,3)25-16(23)12-15-20-21-17(24-15)13-7-10-22(11-8-13)14-6-4-5-9-19-14/h4-6,9,13,15,20H,7-8,10-12H2,1-3H3. The minimum atomic E-state index is -0.488. The molecule has 1 atom stereocenters. The number of hydrogen-bond donors (Lipinski definition) is 1. The van der Waals surface area contributed by atoms with Crippen LogP contribution in [0.25, 0.3) is 0 Å². The molecule has 0 saturated carbocycles. The van der Waals surface area contributed by atoms with Crippen LogP contribution in [0.5, 0.6) is 0 Å². The van der Waals surface area contributed by atoms with Gasteiger partial charge in [-0.05, 0) is 45.7 Å². The highest BCUT2D eigenvalue weighted by atomic mass is 16.6. The van der Waals surface area contributed by atoms with E-state index in [1.54, 1.807) is 0 Å². The molecule has 0 spiro atoms. The van der Waals surface area contributed by atoms with Crippen LogP contribution in [-0.4, -0.2) is 41.8 Å². The lowest BCUT2D eigenvalue weighted by Crippen LogP contribution is -2.37. The molecule has 1 saturated heterocycles. The first kappa shape index (κ1) is 17.5. The largest absolute Gasteiger partial charge is 0.460 e. The Morgan fingerprint density at radius 3 is 2.76 bits per heavy atom. The molecule has 7 heteroatoms. The van der Waals surface area contributed by atoms with E-state index in [1.807, 2.05) is 45.2 Å². The highest BCUT2D eigenvalue weighted by Gasteiger charge is 2.32. The van der Waals surface area contributed by atoms with Gasteiger partial charge in [-0.25, -0.2) is 4.98 Å². The number of ether oxygens (including phenoxy) is 2. The summed E-state index contributed by atoms with van der Waals surface area (Å²) in [5.41, 5.74) is 2.41. The number of carbonyl (C=O) groups is 1. The zero-order valence-electron chi connectivity index (χ0n) is 15.1. The van der Waals surface area contributed by atoms with Crippen LogP contribution < -0.4 is 10.3 Å². The van der Waals surface area contributed by atoms with Crippen molar-refractivity contribution < 1.29 is 14.3 Å². The molecular formula is C18H26N4O3. The first-order valence-corrected chi connectivity index (χ1v) is 8.78. The highest BCUT2D eigenvalue weighted by Crippen LogP contribution is 2.25. The summed E-state index contributed by atoms with van der Waals surface area (Å²) in [6.45, 7) is 7.39. The maximum absolute atomic E-state index is 11.9. The molecule has 0 amide bonds. The summed E-state index contributed by atoms with van der Waals surface area (Å²) in [5.74, 6) is 1.70. The first-order valence-electron chi connectivity index (χ1n) is 8.78. The van der Waals surface area contributed by atoms with Crippen LogP contribution in [0.2, 0.25) is 0 Å². The number of hydrazone groups is 1. The quantitative estimate of drug-likeness (QED) is 0.843. The van der Waals surface area contributed by atoms with Crippen LogP contribution in [-0.2, 0) is 14.3 Å². The van der Waals surface area contributed by atoms with Gasteiger partial charge in [0.1, 0.15) is 17.8 Å². The van der Waals surface area contributed by atoms with E-state index in [2.05, 4.69) is 20.4 Å². The number of nitrogens with zero attached hydrogens (tertiary/aromatic N) is 3. The Morgan fingerprint density at radius 1 is 1.36 bits per heavy atom. The lowest BCUT2D eigenvalue weighted by Gasteiger charge is -2.32. The van der Waals surface area contributed by atoms with Crippen LogP contribution in [0.1, 0.15) is 40.0 Å². The lowest BCUT2D eigenvalue weighted by molar-refractivity contribution is -0.157. The van der Waals surface area contributed by atoms with Crippen LogP contribution in [0.3, 0.4) is 0 Å². The van der Waals surface area contributed by atoms with Gasteiger partial charge in [0.15, 0.2) is 6.23 Å². The van der Waals surface area contributed by atoms with Crippen molar-refractivity contribution in [2.24, 2.45) is 11.0 Å². The van der Waals surface area contributed by atoms with E-state index in [9.17, 15) is 4.79 Å². The van der Waals surface area contributed by atoms with Crippen LogP contribution in [0, 0.1) is 5.92 Å². The molecule has 0 bridgehead atoms. The molecule has 25 heavy (non-hydrogen) atoms. The second-order valence-electron chi connectivity index (χ2n) is 7.43. The van der Waals surface area contributed by atoms with Crippen molar-refractivity contribution in [1.82, 2.24) is 10.4 Å². The number of rotatable bonds is 4. The van der Waals surface area contributed by atoms with Gasteiger partial charge in [0, 0.05) is 25.2 Å². The normalized spacial score (nSPS) is 21.3.